The van der Waals surface area contributed by atoms with Gasteiger partial charge in [-0.1, -0.05) is 17.3 Å². The molecule has 0 amide bonds. The lowest BCUT2D eigenvalue weighted by Gasteiger charge is -2.19. The smallest absolute Gasteiger partial charge is 0.231 e. The molecule has 3 rings (SSSR count). The molecule has 0 unspecified atom stereocenters. The molecule has 4 nitrogen and oxygen atoms in total. The minimum atomic E-state index is -0.233. The normalized spacial score (nSPS) is 19.5. The van der Waals surface area contributed by atoms with Crippen molar-refractivity contribution in [2.24, 2.45) is 0 Å². The van der Waals surface area contributed by atoms with Gasteiger partial charge >= 0.3 is 0 Å². The van der Waals surface area contributed by atoms with Gasteiger partial charge in [0.25, 0.3) is 0 Å². The van der Waals surface area contributed by atoms with Crippen molar-refractivity contribution in [2.45, 2.75) is 25.2 Å². The van der Waals surface area contributed by atoms with Crippen molar-refractivity contribution >= 4 is 0 Å². The van der Waals surface area contributed by atoms with Crippen LogP contribution in [-0.4, -0.2) is 23.2 Å². The Morgan fingerprint density at radius 2 is 2.16 bits per heavy atom. The molecule has 1 fully saturated rings. The Kier molecular flexibility index (Phi) is 3.55. The maximum atomic E-state index is 12.8. The highest BCUT2D eigenvalue weighted by atomic mass is 19.1. The monoisotopic (exact) mass is 261 g/mol. The summed E-state index contributed by atoms with van der Waals surface area (Å²) in [5.74, 6) is 1.49. The third-order valence-electron chi connectivity index (χ3n) is 3.41. The fourth-order valence-corrected chi connectivity index (χ4v) is 2.35. The van der Waals surface area contributed by atoms with Gasteiger partial charge in [0.15, 0.2) is 5.82 Å². The average Bonchev–Trinajstić information content (AvgIpc) is 2.91. The van der Waals surface area contributed by atoms with Gasteiger partial charge in [0.2, 0.25) is 5.89 Å². The van der Waals surface area contributed by atoms with Gasteiger partial charge in [0.1, 0.15) is 5.82 Å². The molecule has 0 radical (unpaired) electrons. The highest BCUT2D eigenvalue weighted by Crippen LogP contribution is 2.21. The van der Waals surface area contributed by atoms with Crippen LogP contribution >= 0.6 is 0 Å². The summed E-state index contributed by atoms with van der Waals surface area (Å²) in [5, 5.41) is 7.39. The maximum Gasteiger partial charge on any atom is 0.231 e. The van der Waals surface area contributed by atoms with Crippen LogP contribution in [0.4, 0.5) is 4.39 Å². The number of nitrogens with zero attached hydrogens (tertiary/aromatic N) is 2. The number of benzene rings is 1. The van der Waals surface area contributed by atoms with Gasteiger partial charge in [-0.3, -0.25) is 0 Å². The highest BCUT2D eigenvalue weighted by Gasteiger charge is 2.20. The summed E-state index contributed by atoms with van der Waals surface area (Å²) in [5.41, 5.74) is 0.971. The van der Waals surface area contributed by atoms with Crippen LogP contribution in [0.25, 0.3) is 0 Å². The van der Waals surface area contributed by atoms with E-state index in [4.69, 9.17) is 4.52 Å². The second-order valence-corrected chi connectivity index (χ2v) is 4.89. The predicted octanol–water partition coefficient (Wildman–Crippen LogP) is 2.27. The molecule has 19 heavy (non-hydrogen) atoms. The van der Waals surface area contributed by atoms with Crippen molar-refractivity contribution in [1.82, 2.24) is 15.5 Å². The lowest BCUT2D eigenvalue weighted by molar-refractivity contribution is 0.366. The van der Waals surface area contributed by atoms with Crippen molar-refractivity contribution < 1.29 is 8.91 Å². The number of rotatable bonds is 3. The molecule has 0 bridgehead atoms. The first-order valence-electron chi connectivity index (χ1n) is 6.59. The van der Waals surface area contributed by atoms with E-state index in [9.17, 15) is 4.39 Å². The first kappa shape index (κ1) is 12.3. The minimum absolute atomic E-state index is 0.233. The molecule has 0 aliphatic carbocycles. The van der Waals surface area contributed by atoms with E-state index < -0.39 is 0 Å². The molecule has 1 atom stereocenters. The Morgan fingerprint density at radius 1 is 1.32 bits per heavy atom. The topological polar surface area (TPSA) is 51.0 Å². The number of halogens is 1. The molecule has 0 spiro atoms. The Bertz CT molecular complexity index is 532. The van der Waals surface area contributed by atoms with Crippen molar-refractivity contribution in [2.75, 3.05) is 13.1 Å². The first-order valence-corrected chi connectivity index (χ1v) is 6.59. The summed E-state index contributed by atoms with van der Waals surface area (Å²) in [6, 6.07) is 6.36. The van der Waals surface area contributed by atoms with Gasteiger partial charge < -0.3 is 9.84 Å². The zero-order chi connectivity index (χ0) is 13.1. The van der Waals surface area contributed by atoms with Crippen LogP contribution in [-0.2, 0) is 6.42 Å². The third-order valence-corrected chi connectivity index (χ3v) is 3.41. The van der Waals surface area contributed by atoms with Gasteiger partial charge in [-0.2, -0.15) is 4.98 Å². The van der Waals surface area contributed by atoms with E-state index in [0.29, 0.717) is 18.2 Å². The highest BCUT2D eigenvalue weighted by molar-refractivity contribution is 5.19. The third kappa shape index (κ3) is 2.98. The van der Waals surface area contributed by atoms with Crippen LogP contribution < -0.4 is 5.32 Å². The standard InChI is InChI=1S/C14H16FN3O/c15-12-5-3-10(4-6-12)8-13-17-14(18-19-13)11-2-1-7-16-9-11/h3-6,11,16H,1-2,7-9H2/t11-/m0/s1. The SMILES string of the molecule is Fc1ccc(Cc2nc([C@H]3CCCNC3)no2)cc1. The van der Waals surface area contributed by atoms with Gasteiger partial charge in [-0.15, -0.1) is 0 Å². The fraction of sp³-hybridized carbons (Fsp3) is 0.429. The molecule has 1 N–H and O–H groups in total. The van der Waals surface area contributed by atoms with E-state index in [1.54, 1.807) is 12.1 Å². The molecular formula is C14H16FN3O. The molecule has 2 aromatic rings. The molecule has 1 aliphatic rings. The summed E-state index contributed by atoms with van der Waals surface area (Å²) >= 11 is 0. The number of nitrogens with one attached hydrogen (secondary N) is 1. The minimum Gasteiger partial charge on any atom is -0.339 e. The van der Waals surface area contributed by atoms with E-state index in [1.165, 1.54) is 12.1 Å². The number of hydrogen-bond donors (Lipinski definition) is 1. The van der Waals surface area contributed by atoms with Crippen molar-refractivity contribution in [3.05, 3.63) is 47.4 Å². The zero-order valence-electron chi connectivity index (χ0n) is 10.6. The second kappa shape index (κ2) is 5.48. The zero-order valence-corrected chi connectivity index (χ0v) is 10.6. The first-order chi connectivity index (χ1) is 9.31. The Hall–Kier alpha value is -1.75. The van der Waals surface area contributed by atoms with E-state index in [0.717, 1.165) is 37.3 Å². The summed E-state index contributed by atoms with van der Waals surface area (Å²) in [7, 11) is 0. The largest absolute Gasteiger partial charge is 0.339 e. The Balaban J connectivity index is 1.68. The molecule has 0 saturated carbocycles. The lowest BCUT2D eigenvalue weighted by atomic mass is 9.99. The van der Waals surface area contributed by atoms with Crippen LogP contribution in [0.3, 0.4) is 0 Å². The molecule has 1 aliphatic heterocycles. The molecule has 1 aromatic heterocycles. The number of piperidine rings is 1. The maximum absolute atomic E-state index is 12.8. The van der Waals surface area contributed by atoms with Crippen molar-refractivity contribution in [3.8, 4) is 0 Å². The molecule has 5 heteroatoms. The summed E-state index contributed by atoms with van der Waals surface area (Å²) < 4.78 is 18.1. The van der Waals surface area contributed by atoms with Crippen LogP contribution in [0.15, 0.2) is 28.8 Å². The van der Waals surface area contributed by atoms with E-state index in [1.807, 2.05) is 0 Å². The van der Waals surface area contributed by atoms with Crippen LogP contribution in [0.1, 0.15) is 36.0 Å². The van der Waals surface area contributed by atoms with Crippen molar-refractivity contribution in [3.63, 3.8) is 0 Å². The lowest BCUT2D eigenvalue weighted by Crippen LogP contribution is -2.28. The predicted molar refractivity (Wildman–Crippen MR) is 68.3 cm³/mol. The van der Waals surface area contributed by atoms with E-state index >= 15 is 0 Å². The molecular weight excluding hydrogens is 245 g/mol. The van der Waals surface area contributed by atoms with Crippen LogP contribution in [0, 0.1) is 5.82 Å². The number of hydrogen-bond acceptors (Lipinski definition) is 4. The average molecular weight is 261 g/mol. The Labute approximate surface area is 111 Å². The van der Waals surface area contributed by atoms with Crippen LogP contribution in [0.5, 0.6) is 0 Å². The number of aromatic nitrogens is 2. The van der Waals surface area contributed by atoms with Crippen LogP contribution in [0.2, 0.25) is 0 Å². The molecule has 1 aromatic carbocycles. The van der Waals surface area contributed by atoms with E-state index in [-0.39, 0.29) is 5.82 Å². The van der Waals surface area contributed by atoms with Gasteiger partial charge in [-0.05, 0) is 37.1 Å². The summed E-state index contributed by atoms with van der Waals surface area (Å²) in [4.78, 5) is 4.44. The fourth-order valence-electron chi connectivity index (χ4n) is 2.35. The van der Waals surface area contributed by atoms with Gasteiger partial charge in [-0.25, -0.2) is 4.39 Å². The molecule has 2 heterocycles. The van der Waals surface area contributed by atoms with Gasteiger partial charge in [0, 0.05) is 12.5 Å². The van der Waals surface area contributed by atoms with Crippen molar-refractivity contribution in [1.29, 1.82) is 0 Å². The van der Waals surface area contributed by atoms with E-state index in [2.05, 4.69) is 15.5 Å². The molecule has 100 valence electrons. The summed E-state index contributed by atoms with van der Waals surface area (Å²) in [6.07, 6.45) is 2.79. The molecule has 1 saturated heterocycles. The Morgan fingerprint density at radius 3 is 2.89 bits per heavy atom. The second-order valence-electron chi connectivity index (χ2n) is 4.89. The quantitative estimate of drug-likeness (QED) is 0.920. The summed E-state index contributed by atoms with van der Waals surface area (Å²) in [6.45, 7) is 1.98. The van der Waals surface area contributed by atoms with Gasteiger partial charge in [0.05, 0.1) is 6.42 Å².